The molecular weight excluding hydrogens is 334 g/mol. The highest BCUT2D eigenvalue weighted by molar-refractivity contribution is 5.91. The Balaban J connectivity index is 1.59. The number of morpholine rings is 1. The first kappa shape index (κ1) is 18.1. The minimum Gasteiger partial charge on any atom is -0.372 e. The van der Waals surface area contributed by atoms with Gasteiger partial charge in [0.25, 0.3) is 11.5 Å². The molecule has 0 spiro atoms. The highest BCUT2D eigenvalue weighted by atomic mass is 16.5. The molecule has 0 aliphatic carbocycles. The average Bonchev–Trinajstić information content (AvgIpc) is 2.61. The molecule has 8 nitrogen and oxygen atoms in total. The molecule has 26 heavy (non-hydrogen) atoms. The maximum atomic E-state index is 12.1. The summed E-state index contributed by atoms with van der Waals surface area (Å²) in [6.45, 7) is 6.07. The average molecular weight is 357 g/mol. The van der Waals surface area contributed by atoms with Crippen LogP contribution in [0.4, 0.5) is 5.82 Å². The van der Waals surface area contributed by atoms with Gasteiger partial charge in [0.05, 0.1) is 12.2 Å². The van der Waals surface area contributed by atoms with Crippen molar-refractivity contribution in [3.63, 3.8) is 0 Å². The number of aryl methyl sites for hydroxylation is 1. The summed E-state index contributed by atoms with van der Waals surface area (Å²) in [5.74, 6) is 0.572. The molecule has 1 aliphatic heterocycles. The van der Waals surface area contributed by atoms with E-state index in [1.54, 1.807) is 6.20 Å². The topological polar surface area (TPSA) is 89.4 Å². The van der Waals surface area contributed by atoms with E-state index in [9.17, 15) is 9.59 Å². The smallest absolute Gasteiger partial charge is 0.271 e. The maximum absolute atomic E-state index is 12.1. The van der Waals surface area contributed by atoms with Crippen LogP contribution < -0.4 is 15.8 Å². The van der Waals surface area contributed by atoms with Crippen LogP contribution in [-0.4, -0.2) is 46.0 Å². The van der Waals surface area contributed by atoms with Crippen LogP contribution >= 0.6 is 0 Å². The fourth-order valence-corrected chi connectivity index (χ4v) is 2.97. The fourth-order valence-electron chi connectivity index (χ4n) is 2.97. The van der Waals surface area contributed by atoms with E-state index in [2.05, 4.69) is 34.1 Å². The lowest BCUT2D eigenvalue weighted by molar-refractivity contribution is -0.00546. The monoisotopic (exact) mass is 357 g/mol. The van der Waals surface area contributed by atoms with Crippen LogP contribution in [0.5, 0.6) is 0 Å². The maximum Gasteiger partial charge on any atom is 0.271 e. The lowest BCUT2D eigenvalue weighted by Gasteiger charge is -2.36. The van der Waals surface area contributed by atoms with Crippen molar-refractivity contribution < 1.29 is 9.53 Å². The van der Waals surface area contributed by atoms with Crippen molar-refractivity contribution in [2.75, 3.05) is 18.0 Å². The summed E-state index contributed by atoms with van der Waals surface area (Å²) in [7, 11) is 1.51. The second kappa shape index (κ2) is 7.65. The van der Waals surface area contributed by atoms with Gasteiger partial charge >= 0.3 is 0 Å². The van der Waals surface area contributed by atoms with Crippen LogP contribution in [0.25, 0.3) is 0 Å². The highest BCUT2D eigenvalue weighted by Gasteiger charge is 2.23. The predicted molar refractivity (Wildman–Crippen MR) is 97.1 cm³/mol. The second-order valence-corrected chi connectivity index (χ2v) is 6.55. The van der Waals surface area contributed by atoms with Crippen molar-refractivity contribution in [1.29, 1.82) is 0 Å². The zero-order valence-electron chi connectivity index (χ0n) is 15.2. The second-order valence-electron chi connectivity index (χ2n) is 6.55. The van der Waals surface area contributed by atoms with Gasteiger partial charge in [0, 0.05) is 38.9 Å². The number of nitrogens with zero attached hydrogens (tertiary/aromatic N) is 4. The molecule has 2 aromatic heterocycles. The van der Waals surface area contributed by atoms with Gasteiger partial charge in [0.1, 0.15) is 11.5 Å². The third-order valence-electron chi connectivity index (χ3n) is 4.20. The summed E-state index contributed by atoms with van der Waals surface area (Å²) in [5, 5.41) is 6.72. The third-order valence-corrected chi connectivity index (χ3v) is 4.20. The van der Waals surface area contributed by atoms with Crippen LogP contribution in [0, 0.1) is 0 Å². The van der Waals surface area contributed by atoms with Gasteiger partial charge in [-0.3, -0.25) is 9.59 Å². The SMILES string of the molecule is CC1CN(c2ccc(CNC(=O)c3ccc(=O)n(C)n3)cn2)CC(C)O1. The number of pyridine rings is 1. The number of hydrogen-bond acceptors (Lipinski definition) is 6. The van der Waals surface area contributed by atoms with Crippen LogP contribution in [0.15, 0.2) is 35.3 Å². The molecule has 0 bridgehead atoms. The molecule has 2 atom stereocenters. The number of carbonyl (C=O) groups is 1. The molecule has 0 radical (unpaired) electrons. The molecule has 0 saturated carbocycles. The molecule has 1 aliphatic rings. The lowest BCUT2D eigenvalue weighted by atomic mass is 10.2. The van der Waals surface area contributed by atoms with Gasteiger partial charge in [0.2, 0.25) is 0 Å². The fraction of sp³-hybridized carbons (Fsp3) is 0.444. The van der Waals surface area contributed by atoms with Crippen molar-refractivity contribution in [3.05, 3.63) is 52.1 Å². The quantitative estimate of drug-likeness (QED) is 0.867. The Hall–Kier alpha value is -2.74. The number of amides is 1. The Morgan fingerprint density at radius 3 is 2.58 bits per heavy atom. The number of ether oxygens (including phenoxy) is 1. The van der Waals surface area contributed by atoms with E-state index in [1.165, 1.54) is 19.2 Å². The number of aromatic nitrogens is 3. The van der Waals surface area contributed by atoms with E-state index in [0.717, 1.165) is 29.2 Å². The third kappa shape index (κ3) is 4.26. The van der Waals surface area contributed by atoms with E-state index < -0.39 is 0 Å². The Morgan fingerprint density at radius 1 is 1.23 bits per heavy atom. The molecule has 8 heteroatoms. The van der Waals surface area contributed by atoms with Crippen LogP contribution in [-0.2, 0) is 18.3 Å². The Labute approximate surface area is 151 Å². The first-order valence-corrected chi connectivity index (χ1v) is 8.60. The van der Waals surface area contributed by atoms with E-state index in [1.807, 2.05) is 12.1 Å². The summed E-state index contributed by atoms with van der Waals surface area (Å²) < 4.78 is 6.87. The number of rotatable bonds is 4. The zero-order chi connectivity index (χ0) is 18.7. The van der Waals surface area contributed by atoms with Crippen LogP contribution in [0.3, 0.4) is 0 Å². The minimum absolute atomic E-state index is 0.175. The molecule has 1 N–H and O–H groups in total. The summed E-state index contributed by atoms with van der Waals surface area (Å²) >= 11 is 0. The van der Waals surface area contributed by atoms with E-state index in [4.69, 9.17) is 4.74 Å². The first-order chi connectivity index (χ1) is 12.4. The summed E-state index contributed by atoms with van der Waals surface area (Å²) in [6.07, 6.45) is 2.11. The molecule has 2 aromatic rings. The van der Waals surface area contributed by atoms with E-state index in [-0.39, 0.29) is 29.4 Å². The summed E-state index contributed by atoms with van der Waals surface area (Å²) in [6, 6.07) is 6.64. The minimum atomic E-state index is -0.333. The number of hydrogen-bond donors (Lipinski definition) is 1. The van der Waals surface area contributed by atoms with Crippen LogP contribution in [0.2, 0.25) is 0 Å². The van der Waals surface area contributed by atoms with E-state index in [0.29, 0.717) is 6.54 Å². The standard InChI is InChI=1S/C18H23N5O3/c1-12-10-23(11-13(2)26-12)16-6-4-14(8-19-16)9-20-18(25)15-5-7-17(24)22(3)21-15/h4-8,12-13H,9-11H2,1-3H3,(H,20,25). The summed E-state index contributed by atoms with van der Waals surface area (Å²) in [5.41, 5.74) is 0.835. The van der Waals surface area contributed by atoms with Gasteiger partial charge in [-0.25, -0.2) is 9.67 Å². The molecule has 1 amide bonds. The molecular formula is C18H23N5O3. The Morgan fingerprint density at radius 2 is 1.96 bits per heavy atom. The molecule has 1 fully saturated rings. The molecule has 1 saturated heterocycles. The number of nitrogens with one attached hydrogen (secondary N) is 1. The number of anilines is 1. The highest BCUT2D eigenvalue weighted by Crippen LogP contribution is 2.18. The van der Waals surface area contributed by atoms with E-state index >= 15 is 0 Å². The largest absolute Gasteiger partial charge is 0.372 e. The van der Waals surface area contributed by atoms with Crippen molar-refractivity contribution in [2.45, 2.75) is 32.6 Å². The summed E-state index contributed by atoms with van der Waals surface area (Å²) in [4.78, 5) is 30.2. The number of carbonyl (C=O) groups excluding carboxylic acids is 1. The van der Waals surface area contributed by atoms with Gasteiger partial charge < -0.3 is 15.0 Å². The lowest BCUT2D eigenvalue weighted by Crippen LogP contribution is -2.45. The molecule has 2 unspecified atom stereocenters. The van der Waals surface area contributed by atoms with Gasteiger partial charge in [-0.1, -0.05) is 6.07 Å². The molecule has 3 rings (SSSR count). The Bertz CT molecular complexity index is 823. The zero-order valence-corrected chi connectivity index (χ0v) is 15.2. The van der Waals surface area contributed by atoms with Crippen molar-refractivity contribution in [3.8, 4) is 0 Å². The van der Waals surface area contributed by atoms with Gasteiger partial charge in [-0.05, 0) is 31.5 Å². The molecule has 3 heterocycles. The van der Waals surface area contributed by atoms with Gasteiger partial charge in [-0.15, -0.1) is 0 Å². The van der Waals surface area contributed by atoms with Crippen molar-refractivity contribution in [2.24, 2.45) is 7.05 Å². The molecule has 0 aromatic carbocycles. The Kier molecular flexibility index (Phi) is 5.32. The first-order valence-electron chi connectivity index (χ1n) is 8.60. The molecule has 138 valence electrons. The van der Waals surface area contributed by atoms with Gasteiger partial charge in [-0.2, -0.15) is 5.10 Å². The van der Waals surface area contributed by atoms with Gasteiger partial charge in [0.15, 0.2) is 0 Å². The van der Waals surface area contributed by atoms with Crippen LogP contribution in [0.1, 0.15) is 29.9 Å². The van der Waals surface area contributed by atoms with Crippen molar-refractivity contribution in [1.82, 2.24) is 20.1 Å². The predicted octanol–water partition coefficient (Wildman–Crippen LogP) is 0.719. The van der Waals surface area contributed by atoms with Crippen molar-refractivity contribution >= 4 is 11.7 Å². The normalized spacial score (nSPS) is 20.0.